The topological polar surface area (TPSA) is 381 Å². The smallest absolute Gasteiger partial charge is 0.414 e. The van der Waals surface area contributed by atoms with E-state index in [-0.39, 0.29) is 19.3 Å². The Morgan fingerprint density at radius 2 is 0.803 bits per heavy atom. The minimum atomic E-state index is -0.784. The van der Waals surface area contributed by atoms with Gasteiger partial charge in [-0.15, -0.1) is 34.0 Å². The molecular formula is C84H72Cl2N26O7S3. The Hall–Kier alpha value is -14.5. The highest BCUT2D eigenvalue weighted by atomic mass is 35.5. The number of halogens is 2. The number of pyridine rings is 7. The van der Waals surface area contributed by atoms with Crippen LogP contribution in [0.1, 0.15) is 80.4 Å². The van der Waals surface area contributed by atoms with Crippen molar-refractivity contribution in [3.05, 3.63) is 369 Å². The molecular weight excluding hydrogens is 1650 g/mol. The highest BCUT2D eigenvalue weighted by molar-refractivity contribution is 7.16. The van der Waals surface area contributed by atoms with E-state index < -0.39 is 6.10 Å². The number of aliphatic hydroxyl groups excluding tert-OH is 3. The molecule has 20 rings (SSSR count). The van der Waals surface area contributed by atoms with Crippen molar-refractivity contribution in [2.75, 3.05) is 29.5 Å². The van der Waals surface area contributed by atoms with Gasteiger partial charge in [0.15, 0.2) is 26.6 Å². The molecule has 1 fully saturated rings. The summed E-state index contributed by atoms with van der Waals surface area (Å²) in [4.78, 5) is 81.1. The maximum Gasteiger partial charge on any atom is 0.414 e. The van der Waals surface area contributed by atoms with Crippen LogP contribution in [0.3, 0.4) is 0 Å². The molecule has 19 heterocycles. The van der Waals surface area contributed by atoms with Crippen molar-refractivity contribution in [1.29, 1.82) is 0 Å². The molecule has 612 valence electrons. The molecule has 1 unspecified atom stereocenters. The number of aliphatic hydroxyl groups is 3. The summed E-state index contributed by atoms with van der Waals surface area (Å²) in [6.07, 6.45) is 56.8. The van der Waals surface area contributed by atoms with Gasteiger partial charge < -0.3 is 25.0 Å². The number of benzene rings is 1. The SMILES string of the molecule is Clc1ncc(Cc2cncc(-n3cccn3)c2)s1.O=C1OCCN1c1ccc2c(c1)CN(c1ncc(Cc3cncc(-n4cccn4)c3)s1)CC2.O=Cc1cncc(-n2cccn2)c1.O=Cc1cncc(-n2cccn2)c1.OC(c1cncc(-n2cccn2)c1)c1cnc(Cl)s1.OCc1cncc(-n2cccn2)c1.OCc1cncc(-n2cccn2)c1. The summed E-state index contributed by atoms with van der Waals surface area (Å²) < 4.78 is 18.1. The minimum Gasteiger partial charge on any atom is -0.447 e. The molecule has 1 atom stereocenters. The van der Waals surface area contributed by atoms with Crippen LogP contribution < -0.4 is 9.80 Å². The van der Waals surface area contributed by atoms with Crippen LogP contribution in [0, 0.1) is 0 Å². The Morgan fingerprint density at radius 3 is 1.20 bits per heavy atom. The predicted octanol–water partition coefficient (Wildman–Crippen LogP) is 12.9. The molecule has 33 nitrogen and oxygen atoms in total. The van der Waals surface area contributed by atoms with Crippen molar-refractivity contribution in [1.82, 2.24) is 118 Å². The second-order valence-electron chi connectivity index (χ2n) is 26.2. The molecule has 0 spiro atoms. The van der Waals surface area contributed by atoms with E-state index in [1.807, 2.05) is 127 Å². The maximum absolute atomic E-state index is 11.9. The van der Waals surface area contributed by atoms with Gasteiger partial charge in [0.25, 0.3) is 0 Å². The summed E-state index contributed by atoms with van der Waals surface area (Å²) in [5.74, 6) is 0. The second kappa shape index (κ2) is 42.2. The lowest BCUT2D eigenvalue weighted by atomic mass is 9.99. The number of ether oxygens (including phenoxy) is 1. The fourth-order valence-corrected chi connectivity index (χ4v) is 15.0. The normalized spacial score (nSPS) is 12.0. The van der Waals surface area contributed by atoms with Gasteiger partial charge in [0, 0.05) is 207 Å². The van der Waals surface area contributed by atoms with Crippen LogP contribution in [0.15, 0.2) is 295 Å². The Morgan fingerprint density at radius 1 is 0.410 bits per heavy atom. The van der Waals surface area contributed by atoms with Gasteiger partial charge in [-0.25, -0.2) is 52.5 Å². The number of hydrogen-bond acceptors (Lipinski definition) is 28. The van der Waals surface area contributed by atoms with E-state index in [9.17, 15) is 19.5 Å². The average Bonchev–Trinajstić information content (AvgIpc) is 1.28. The lowest BCUT2D eigenvalue weighted by molar-refractivity contribution is 0.111. The standard InChI is InChI=1S/C24H22N6O2S.C12H9ClN4OS.C12H9ClN4S.2C9H9N3O.2C9H7N3O/c31-24-29(8-9-32-24)20-3-2-18-4-7-28(16-19(18)12-20)23-26-15-22(33-23)11-17-10-21(14-25-13-17)30-6-1-5-27-30;13-12-15-7-10(19-12)11(18)8-4-9(6-14-5-8)17-3-1-2-16-17;13-12-15-8-11(18-12)5-9-4-10(7-14-6-9)17-3-1-2-16-17;4*13-7-8-4-9(6-10-5-8)12-3-1-2-11-12/h1-3,5-6,10,12-15H,4,7-9,11,16H2;1-7,11,18H;1-4,6-8H,5H2;2*1-6,13H,7H2;2*1-7H. The van der Waals surface area contributed by atoms with E-state index in [4.69, 9.17) is 43.1 Å². The summed E-state index contributed by atoms with van der Waals surface area (Å²) in [5, 5.41) is 57.8. The van der Waals surface area contributed by atoms with Crippen LogP contribution in [-0.4, -0.2) is 172 Å². The zero-order valence-electron chi connectivity index (χ0n) is 64.4. The molecule has 18 aromatic rings. The molecule has 122 heavy (non-hydrogen) atoms. The highest BCUT2D eigenvalue weighted by Crippen LogP contribution is 2.34. The summed E-state index contributed by atoms with van der Waals surface area (Å²) in [6, 6.07) is 32.4. The fourth-order valence-electron chi connectivity index (χ4n) is 12.1. The van der Waals surface area contributed by atoms with Crippen LogP contribution >= 0.6 is 57.2 Å². The van der Waals surface area contributed by atoms with Gasteiger partial charge in [-0.2, -0.15) is 35.7 Å². The number of thiazole rings is 3. The number of nitrogens with zero attached hydrogens (tertiary/aromatic N) is 26. The number of carbonyl (C=O) groups is 3. The van der Waals surface area contributed by atoms with Crippen LogP contribution in [0.2, 0.25) is 8.93 Å². The second-order valence-corrected chi connectivity index (χ2v) is 30.6. The van der Waals surface area contributed by atoms with E-state index in [1.54, 1.807) is 180 Å². The van der Waals surface area contributed by atoms with Crippen molar-refractivity contribution in [3.8, 4) is 39.8 Å². The number of amides is 1. The highest BCUT2D eigenvalue weighted by Gasteiger charge is 2.27. The summed E-state index contributed by atoms with van der Waals surface area (Å²) in [6.45, 7) is 2.78. The molecule has 1 saturated heterocycles. The molecule has 1 aromatic carbocycles. The van der Waals surface area contributed by atoms with Crippen molar-refractivity contribution in [2.45, 2.75) is 45.1 Å². The third-order valence-electron chi connectivity index (χ3n) is 17.8. The lowest BCUT2D eigenvalue weighted by Crippen LogP contribution is -2.31. The van der Waals surface area contributed by atoms with E-state index >= 15 is 0 Å². The number of rotatable bonds is 19. The first-order valence-corrected chi connectivity index (χ1v) is 40.5. The van der Waals surface area contributed by atoms with Gasteiger partial charge in [-0.05, 0) is 137 Å². The summed E-state index contributed by atoms with van der Waals surface area (Å²) >= 11 is 16.0. The van der Waals surface area contributed by atoms with Gasteiger partial charge >= 0.3 is 6.09 Å². The number of fused-ring (bicyclic) bond motifs is 1. The van der Waals surface area contributed by atoms with Gasteiger partial charge in [-0.1, -0.05) is 29.3 Å². The first-order valence-electron chi connectivity index (χ1n) is 37.3. The Labute approximate surface area is 718 Å². The van der Waals surface area contributed by atoms with E-state index in [2.05, 4.69) is 110 Å². The van der Waals surface area contributed by atoms with Crippen molar-refractivity contribution in [2.24, 2.45) is 0 Å². The number of aldehydes is 2. The molecule has 17 aromatic heterocycles. The zero-order valence-corrected chi connectivity index (χ0v) is 68.4. The largest absolute Gasteiger partial charge is 0.447 e. The summed E-state index contributed by atoms with van der Waals surface area (Å²) in [5.41, 5.74) is 15.0. The van der Waals surface area contributed by atoms with Crippen LogP contribution in [-0.2, 0) is 43.8 Å². The average molecular weight is 1720 g/mol. The molecule has 38 heteroatoms. The first-order chi connectivity index (χ1) is 59.9. The van der Waals surface area contributed by atoms with Crippen LogP contribution in [0.25, 0.3) is 39.8 Å². The molecule has 1 amide bonds. The van der Waals surface area contributed by atoms with Crippen molar-refractivity contribution < 1.29 is 34.4 Å². The number of hydrogen-bond donors (Lipinski definition) is 3. The molecule has 0 aliphatic carbocycles. The lowest BCUT2D eigenvalue weighted by Gasteiger charge is -2.29. The van der Waals surface area contributed by atoms with E-state index in [0.29, 0.717) is 43.7 Å². The monoisotopic (exact) mass is 1720 g/mol. The Balaban J connectivity index is 0.000000120. The molecule has 0 bridgehead atoms. The third-order valence-corrected chi connectivity index (χ3v) is 21.2. The van der Waals surface area contributed by atoms with Crippen LogP contribution in [0.4, 0.5) is 15.6 Å². The predicted molar refractivity (Wildman–Crippen MR) is 458 cm³/mol. The van der Waals surface area contributed by atoms with E-state index in [0.717, 1.165) is 123 Å². The van der Waals surface area contributed by atoms with Gasteiger partial charge in [0.2, 0.25) is 0 Å². The number of cyclic esters (lactones) is 1. The quantitative estimate of drug-likeness (QED) is 0.0633. The minimum absolute atomic E-state index is 0.00209. The molecule has 2 aliphatic rings. The Kier molecular flexibility index (Phi) is 29.1. The number of aromatic nitrogens is 24. The van der Waals surface area contributed by atoms with Crippen LogP contribution in [0.5, 0.6) is 0 Å². The van der Waals surface area contributed by atoms with Crippen molar-refractivity contribution >= 4 is 86.7 Å². The third kappa shape index (κ3) is 23.1. The number of carbonyl (C=O) groups excluding carboxylic acids is 3. The summed E-state index contributed by atoms with van der Waals surface area (Å²) in [7, 11) is 0. The zero-order chi connectivity index (χ0) is 84.2. The Bertz CT molecular complexity index is 6120. The molecule has 3 N–H and O–H groups in total. The molecule has 0 saturated carbocycles. The van der Waals surface area contributed by atoms with E-state index in [1.165, 1.54) is 51.1 Å². The first kappa shape index (κ1) is 84.0. The van der Waals surface area contributed by atoms with Gasteiger partial charge in [0.05, 0.1) is 108 Å². The maximum atomic E-state index is 11.9. The molecule has 2 aliphatic heterocycles. The van der Waals surface area contributed by atoms with Crippen molar-refractivity contribution in [3.63, 3.8) is 0 Å². The van der Waals surface area contributed by atoms with Gasteiger partial charge in [-0.3, -0.25) is 49.4 Å². The van der Waals surface area contributed by atoms with Gasteiger partial charge in [0.1, 0.15) is 12.7 Å². The molecule has 0 radical (unpaired) electrons. The fraction of sp³-hybridized carbons (Fsp3) is 0.119. The number of anilines is 2.